The number of hydrogen-bond acceptors (Lipinski definition) is 7. The predicted molar refractivity (Wildman–Crippen MR) is 98.7 cm³/mol. The molecule has 3 aromatic rings. The van der Waals surface area contributed by atoms with Crippen LogP contribution in [0.5, 0.6) is 0 Å². The maximum Gasteiger partial charge on any atom is 0.384 e. The quantitative estimate of drug-likeness (QED) is 0.660. The number of hydrogen-bond donors (Lipinski definition) is 1. The van der Waals surface area contributed by atoms with Crippen LogP contribution in [0.3, 0.4) is 0 Å². The van der Waals surface area contributed by atoms with Gasteiger partial charge in [0.2, 0.25) is 0 Å². The fourth-order valence-electron chi connectivity index (χ4n) is 2.75. The number of anilines is 1. The predicted octanol–water partition coefficient (Wildman–Crippen LogP) is 2.24. The molecule has 0 atom stereocenters. The number of rotatable bonds is 4. The number of nitrogens with zero attached hydrogens (tertiary/aromatic N) is 3. The van der Waals surface area contributed by atoms with Crippen molar-refractivity contribution < 1.29 is 28.4 Å². The molecule has 0 unspecified atom stereocenters. The van der Waals surface area contributed by atoms with Crippen molar-refractivity contribution in [1.29, 1.82) is 0 Å². The SMILES string of the molecule is O=C(Nc1ccc(F)cc1)c1nccnc1C(=O)ON1C(=O)c2ccccc2C1=O. The Morgan fingerprint density at radius 3 is 2.03 bits per heavy atom. The summed E-state index contributed by atoms with van der Waals surface area (Å²) in [4.78, 5) is 62.3. The third-order valence-electron chi connectivity index (χ3n) is 4.14. The Balaban J connectivity index is 1.56. The lowest BCUT2D eigenvalue weighted by molar-refractivity contribution is -0.0589. The standard InChI is InChI=1S/C20H11FN4O5/c21-11-5-7-12(8-6-11)24-17(26)15-16(23-10-9-22-15)20(29)30-25-18(27)13-3-1-2-4-14(13)19(25)28/h1-10H,(H,24,26). The molecule has 3 amide bonds. The van der Waals surface area contributed by atoms with Crippen molar-refractivity contribution in [1.82, 2.24) is 15.0 Å². The molecule has 0 fully saturated rings. The fourth-order valence-corrected chi connectivity index (χ4v) is 2.75. The maximum absolute atomic E-state index is 13.0. The van der Waals surface area contributed by atoms with Crippen LogP contribution in [0.15, 0.2) is 60.9 Å². The van der Waals surface area contributed by atoms with Gasteiger partial charge in [-0.25, -0.2) is 19.2 Å². The lowest BCUT2D eigenvalue weighted by Gasteiger charge is -2.13. The molecule has 30 heavy (non-hydrogen) atoms. The molecule has 0 saturated heterocycles. The van der Waals surface area contributed by atoms with Crippen molar-refractivity contribution in [3.8, 4) is 0 Å². The highest BCUT2D eigenvalue weighted by Gasteiger charge is 2.39. The average molecular weight is 406 g/mol. The number of amides is 3. The van der Waals surface area contributed by atoms with Gasteiger partial charge in [-0.15, -0.1) is 0 Å². The summed E-state index contributed by atoms with van der Waals surface area (Å²) in [5.41, 5.74) is -0.476. The van der Waals surface area contributed by atoms with Crippen LogP contribution >= 0.6 is 0 Å². The van der Waals surface area contributed by atoms with Gasteiger partial charge < -0.3 is 10.2 Å². The van der Waals surface area contributed by atoms with Gasteiger partial charge in [0.1, 0.15) is 5.82 Å². The molecule has 2 aromatic carbocycles. The Kier molecular flexibility index (Phi) is 4.72. The number of benzene rings is 2. The van der Waals surface area contributed by atoms with E-state index in [0.29, 0.717) is 5.06 Å². The first-order valence-electron chi connectivity index (χ1n) is 8.54. The Bertz CT molecular complexity index is 1160. The minimum absolute atomic E-state index is 0.0868. The minimum Gasteiger partial charge on any atom is -0.322 e. The van der Waals surface area contributed by atoms with Crippen LogP contribution in [0, 0.1) is 5.82 Å². The summed E-state index contributed by atoms with van der Waals surface area (Å²) in [6.07, 6.45) is 2.33. The van der Waals surface area contributed by atoms with E-state index in [-0.39, 0.29) is 16.8 Å². The zero-order chi connectivity index (χ0) is 21.3. The summed E-state index contributed by atoms with van der Waals surface area (Å²) in [5, 5.41) is 2.75. The highest BCUT2D eigenvalue weighted by Crippen LogP contribution is 2.23. The molecule has 1 aliphatic heterocycles. The second-order valence-corrected chi connectivity index (χ2v) is 6.04. The second kappa shape index (κ2) is 7.51. The number of halogens is 1. The van der Waals surface area contributed by atoms with Crippen molar-refractivity contribution in [2.24, 2.45) is 0 Å². The Labute approximate surface area is 168 Å². The van der Waals surface area contributed by atoms with Crippen LogP contribution in [0.1, 0.15) is 41.7 Å². The van der Waals surface area contributed by atoms with Crippen LogP contribution in [0.25, 0.3) is 0 Å². The number of nitrogens with one attached hydrogen (secondary N) is 1. The summed E-state index contributed by atoms with van der Waals surface area (Å²) >= 11 is 0. The van der Waals surface area contributed by atoms with Crippen LogP contribution in [0.4, 0.5) is 10.1 Å². The number of carbonyl (C=O) groups is 4. The topological polar surface area (TPSA) is 119 Å². The molecule has 0 radical (unpaired) electrons. The van der Waals surface area contributed by atoms with E-state index < -0.39 is 40.9 Å². The number of imide groups is 1. The molecule has 0 saturated carbocycles. The number of aromatic nitrogens is 2. The van der Waals surface area contributed by atoms with Crippen molar-refractivity contribution in [2.45, 2.75) is 0 Å². The van der Waals surface area contributed by atoms with E-state index >= 15 is 0 Å². The lowest BCUT2D eigenvalue weighted by atomic mass is 10.1. The van der Waals surface area contributed by atoms with E-state index in [0.717, 1.165) is 18.3 Å². The maximum atomic E-state index is 13.0. The van der Waals surface area contributed by atoms with Crippen LogP contribution in [-0.4, -0.2) is 38.7 Å². The van der Waals surface area contributed by atoms with Crippen LogP contribution in [0.2, 0.25) is 0 Å². The summed E-state index contributed by atoms with van der Waals surface area (Å²) < 4.78 is 13.0. The summed E-state index contributed by atoms with van der Waals surface area (Å²) in [6.45, 7) is 0. The van der Waals surface area contributed by atoms with Crippen molar-refractivity contribution in [2.75, 3.05) is 5.32 Å². The molecule has 0 spiro atoms. The van der Waals surface area contributed by atoms with Gasteiger partial charge in [0.05, 0.1) is 11.1 Å². The Morgan fingerprint density at radius 2 is 1.43 bits per heavy atom. The molecule has 0 aliphatic carbocycles. The largest absolute Gasteiger partial charge is 0.384 e. The average Bonchev–Trinajstić information content (AvgIpc) is 3.00. The summed E-state index contributed by atoms with van der Waals surface area (Å²) in [6, 6.07) is 10.9. The van der Waals surface area contributed by atoms with E-state index in [2.05, 4.69) is 15.3 Å². The van der Waals surface area contributed by atoms with Gasteiger partial charge in [-0.05, 0) is 36.4 Å². The van der Waals surface area contributed by atoms with Gasteiger partial charge in [0.25, 0.3) is 17.7 Å². The molecular weight excluding hydrogens is 395 g/mol. The highest BCUT2D eigenvalue weighted by atomic mass is 19.1. The first-order chi connectivity index (χ1) is 14.5. The van der Waals surface area contributed by atoms with Crippen molar-refractivity contribution >= 4 is 29.4 Å². The molecule has 9 nitrogen and oxygen atoms in total. The first-order valence-corrected chi connectivity index (χ1v) is 8.54. The monoisotopic (exact) mass is 406 g/mol. The Morgan fingerprint density at radius 1 is 0.867 bits per heavy atom. The fraction of sp³-hybridized carbons (Fsp3) is 0. The smallest absolute Gasteiger partial charge is 0.322 e. The first kappa shape index (κ1) is 18.9. The van der Waals surface area contributed by atoms with Crippen molar-refractivity contribution in [3.63, 3.8) is 0 Å². The Hall–Kier alpha value is -4.47. The highest BCUT2D eigenvalue weighted by molar-refractivity contribution is 6.21. The number of fused-ring (bicyclic) bond motifs is 1. The molecule has 1 aromatic heterocycles. The molecule has 148 valence electrons. The van der Waals surface area contributed by atoms with E-state index in [1.807, 2.05) is 0 Å². The molecule has 4 rings (SSSR count). The van der Waals surface area contributed by atoms with E-state index in [1.165, 1.54) is 30.5 Å². The second-order valence-electron chi connectivity index (χ2n) is 6.04. The molecular formula is C20H11FN4O5. The van der Waals surface area contributed by atoms with Gasteiger partial charge in [-0.3, -0.25) is 14.4 Å². The van der Waals surface area contributed by atoms with Crippen LogP contribution < -0.4 is 5.32 Å². The van der Waals surface area contributed by atoms with Gasteiger partial charge >= 0.3 is 5.97 Å². The molecule has 0 bridgehead atoms. The lowest BCUT2D eigenvalue weighted by Crippen LogP contribution is -2.34. The van der Waals surface area contributed by atoms with Gasteiger partial charge in [-0.1, -0.05) is 17.2 Å². The van der Waals surface area contributed by atoms with Crippen LogP contribution in [-0.2, 0) is 4.84 Å². The van der Waals surface area contributed by atoms with Gasteiger partial charge in [-0.2, -0.15) is 0 Å². The van der Waals surface area contributed by atoms with Gasteiger partial charge in [0, 0.05) is 18.1 Å². The van der Waals surface area contributed by atoms with Crippen molar-refractivity contribution in [3.05, 3.63) is 89.3 Å². The number of hydroxylamine groups is 2. The molecule has 1 aliphatic rings. The van der Waals surface area contributed by atoms with E-state index in [1.54, 1.807) is 12.1 Å². The zero-order valence-electron chi connectivity index (χ0n) is 15.0. The normalized spacial score (nSPS) is 12.5. The van der Waals surface area contributed by atoms with Gasteiger partial charge in [0.15, 0.2) is 11.4 Å². The van der Waals surface area contributed by atoms with E-state index in [4.69, 9.17) is 4.84 Å². The third kappa shape index (κ3) is 3.37. The zero-order valence-corrected chi connectivity index (χ0v) is 15.0. The minimum atomic E-state index is -1.22. The third-order valence-corrected chi connectivity index (χ3v) is 4.14. The molecule has 10 heteroatoms. The summed E-state index contributed by atoms with van der Waals surface area (Å²) in [5.74, 6) is -4.15. The molecule has 2 heterocycles. The van der Waals surface area contributed by atoms with E-state index in [9.17, 15) is 23.6 Å². The number of carbonyl (C=O) groups excluding carboxylic acids is 4. The summed E-state index contributed by atoms with van der Waals surface area (Å²) in [7, 11) is 0. The molecule has 1 N–H and O–H groups in total.